The number of tetrazole rings is 1. The Hall–Kier alpha value is -3.75. The number of hydrogen-bond donors (Lipinski definition) is 1. The smallest absolute Gasteiger partial charge is 0.254 e. The van der Waals surface area contributed by atoms with E-state index in [1.54, 1.807) is 56.6 Å². The molecule has 0 aliphatic rings. The molecule has 3 rings (SSSR count). The molecule has 0 atom stereocenters. The van der Waals surface area contributed by atoms with Gasteiger partial charge in [0, 0.05) is 24.4 Å². The van der Waals surface area contributed by atoms with Crippen molar-refractivity contribution < 1.29 is 14.3 Å². The maximum absolute atomic E-state index is 12.7. The van der Waals surface area contributed by atoms with Gasteiger partial charge in [-0.25, -0.2) is 4.68 Å². The number of hydrogen-bond acceptors (Lipinski definition) is 6. The quantitative estimate of drug-likeness (QED) is 0.698. The van der Waals surface area contributed by atoms with Gasteiger partial charge in [0.05, 0.1) is 19.3 Å². The molecule has 0 bridgehead atoms. The molecule has 0 saturated heterocycles. The van der Waals surface area contributed by atoms with Crippen LogP contribution < -0.4 is 10.1 Å². The van der Waals surface area contributed by atoms with Crippen molar-refractivity contribution in [3.8, 4) is 11.4 Å². The SMILES string of the molecule is COc1cccc(NC(=O)CN(C)C(=O)c2ccc(-n3cnnn3)c(C)c2)c1. The number of amides is 2. The lowest BCUT2D eigenvalue weighted by atomic mass is 10.1. The number of anilines is 1. The van der Waals surface area contributed by atoms with Crippen LogP contribution >= 0.6 is 0 Å². The number of rotatable bonds is 6. The highest BCUT2D eigenvalue weighted by Gasteiger charge is 2.16. The van der Waals surface area contributed by atoms with Crippen molar-refractivity contribution in [3.05, 3.63) is 59.9 Å². The summed E-state index contributed by atoms with van der Waals surface area (Å²) in [6.07, 6.45) is 1.48. The second-order valence-electron chi connectivity index (χ2n) is 6.20. The van der Waals surface area contributed by atoms with Gasteiger partial charge in [0.25, 0.3) is 5.91 Å². The van der Waals surface area contributed by atoms with E-state index in [4.69, 9.17) is 4.74 Å². The standard InChI is InChI=1S/C19H20N6O3/c1-13-9-14(7-8-17(13)25-12-20-22-23-25)19(27)24(2)11-18(26)21-15-5-4-6-16(10-15)28-3/h4-10,12H,11H2,1-3H3,(H,21,26). The van der Waals surface area contributed by atoms with Gasteiger partial charge in [-0.1, -0.05) is 6.07 Å². The molecule has 3 aromatic rings. The number of nitrogens with zero attached hydrogens (tertiary/aromatic N) is 5. The number of aryl methyl sites for hydroxylation is 1. The third-order valence-electron chi connectivity index (χ3n) is 4.12. The van der Waals surface area contributed by atoms with E-state index in [-0.39, 0.29) is 18.4 Å². The largest absolute Gasteiger partial charge is 0.497 e. The van der Waals surface area contributed by atoms with E-state index in [0.717, 1.165) is 11.3 Å². The minimum atomic E-state index is -0.300. The van der Waals surface area contributed by atoms with Crippen LogP contribution in [0.3, 0.4) is 0 Å². The predicted molar refractivity (Wildman–Crippen MR) is 102 cm³/mol. The maximum Gasteiger partial charge on any atom is 0.254 e. The molecule has 0 aliphatic carbocycles. The van der Waals surface area contributed by atoms with Crippen LogP contribution in [-0.2, 0) is 4.79 Å². The maximum atomic E-state index is 12.7. The van der Waals surface area contributed by atoms with Crippen LogP contribution in [0.25, 0.3) is 5.69 Å². The summed E-state index contributed by atoms with van der Waals surface area (Å²) in [5.41, 5.74) is 2.70. The summed E-state index contributed by atoms with van der Waals surface area (Å²) in [6, 6.07) is 12.2. The Balaban J connectivity index is 1.65. The fourth-order valence-electron chi connectivity index (χ4n) is 2.73. The van der Waals surface area contributed by atoms with E-state index in [0.29, 0.717) is 17.0 Å². The fourth-order valence-corrected chi connectivity index (χ4v) is 2.73. The number of ether oxygens (including phenoxy) is 1. The van der Waals surface area contributed by atoms with Gasteiger partial charge in [-0.15, -0.1) is 5.10 Å². The Morgan fingerprint density at radius 2 is 2.04 bits per heavy atom. The molecule has 0 saturated carbocycles. The van der Waals surface area contributed by atoms with Gasteiger partial charge in [-0.3, -0.25) is 9.59 Å². The molecule has 28 heavy (non-hydrogen) atoms. The first-order chi connectivity index (χ1) is 13.5. The van der Waals surface area contributed by atoms with Gasteiger partial charge in [0.2, 0.25) is 5.91 Å². The normalized spacial score (nSPS) is 10.4. The van der Waals surface area contributed by atoms with Gasteiger partial charge >= 0.3 is 0 Å². The van der Waals surface area contributed by atoms with E-state index in [9.17, 15) is 9.59 Å². The Bertz CT molecular complexity index is 987. The van der Waals surface area contributed by atoms with Crippen molar-refractivity contribution in [2.45, 2.75) is 6.92 Å². The number of methoxy groups -OCH3 is 1. The number of likely N-dealkylation sites (N-methyl/N-ethyl adjacent to an activating group) is 1. The number of aromatic nitrogens is 4. The van der Waals surface area contributed by atoms with Gasteiger partial charge in [0.1, 0.15) is 12.1 Å². The van der Waals surface area contributed by atoms with Crippen LogP contribution in [-0.4, -0.2) is 57.6 Å². The number of nitrogens with one attached hydrogen (secondary N) is 1. The lowest BCUT2D eigenvalue weighted by Gasteiger charge is -2.18. The third kappa shape index (κ3) is 4.32. The van der Waals surface area contributed by atoms with E-state index in [1.165, 1.54) is 15.9 Å². The first-order valence-electron chi connectivity index (χ1n) is 8.51. The molecule has 0 radical (unpaired) electrons. The van der Waals surface area contributed by atoms with Crippen molar-refractivity contribution in [2.75, 3.05) is 26.0 Å². The second-order valence-corrected chi connectivity index (χ2v) is 6.20. The van der Waals surface area contributed by atoms with E-state index in [1.807, 2.05) is 6.92 Å². The topological polar surface area (TPSA) is 102 Å². The first-order valence-corrected chi connectivity index (χ1v) is 8.51. The van der Waals surface area contributed by atoms with Crippen LogP contribution in [0.15, 0.2) is 48.8 Å². The summed E-state index contributed by atoms with van der Waals surface area (Å²) in [4.78, 5) is 26.3. The number of carbonyl (C=O) groups excluding carboxylic acids is 2. The minimum absolute atomic E-state index is 0.0795. The van der Waals surface area contributed by atoms with E-state index in [2.05, 4.69) is 20.8 Å². The molecule has 2 amide bonds. The average Bonchev–Trinajstić information content (AvgIpc) is 3.21. The summed E-state index contributed by atoms with van der Waals surface area (Å²) >= 11 is 0. The Labute approximate surface area is 161 Å². The van der Waals surface area contributed by atoms with Crippen LogP contribution in [0.4, 0.5) is 5.69 Å². The highest BCUT2D eigenvalue weighted by molar-refractivity contribution is 5.99. The van der Waals surface area contributed by atoms with Crippen molar-refractivity contribution in [1.82, 2.24) is 25.1 Å². The van der Waals surface area contributed by atoms with E-state index < -0.39 is 0 Å². The molecule has 9 heteroatoms. The zero-order chi connectivity index (χ0) is 20.1. The number of benzene rings is 2. The highest BCUT2D eigenvalue weighted by atomic mass is 16.5. The zero-order valence-corrected chi connectivity index (χ0v) is 15.8. The van der Waals surface area contributed by atoms with Gasteiger partial charge in [-0.2, -0.15) is 0 Å². The molecule has 1 aromatic heterocycles. The zero-order valence-electron chi connectivity index (χ0n) is 15.8. The van der Waals surface area contributed by atoms with Crippen molar-refractivity contribution in [1.29, 1.82) is 0 Å². The van der Waals surface area contributed by atoms with Gasteiger partial charge < -0.3 is 15.0 Å². The fraction of sp³-hybridized carbons (Fsp3) is 0.211. The highest BCUT2D eigenvalue weighted by Crippen LogP contribution is 2.17. The molecule has 0 spiro atoms. The Kier molecular flexibility index (Phi) is 5.64. The predicted octanol–water partition coefficient (Wildman–Crippen LogP) is 1.69. The Morgan fingerprint density at radius 3 is 2.71 bits per heavy atom. The Morgan fingerprint density at radius 1 is 1.21 bits per heavy atom. The van der Waals surface area contributed by atoms with Crippen LogP contribution in [0, 0.1) is 6.92 Å². The molecule has 144 valence electrons. The monoisotopic (exact) mass is 380 g/mol. The molecule has 0 fully saturated rings. The van der Waals surface area contributed by atoms with Crippen molar-refractivity contribution in [3.63, 3.8) is 0 Å². The molecule has 9 nitrogen and oxygen atoms in total. The molecule has 1 heterocycles. The third-order valence-corrected chi connectivity index (χ3v) is 4.12. The summed E-state index contributed by atoms with van der Waals surface area (Å²) < 4.78 is 6.65. The molecular weight excluding hydrogens is 360 g/mol. The lowest BCUT2D eigenvalue weighted by Crippen LogP contribution is -2.35. The summed E-state index contributed by atoms with van der Waals surface area (Å²) in [5.74, 6) is 0.0821. The molecular formula is C19H20N6O3. The summed E-state index contributed by atoms with van der Waals surface area (Å²) in [5, 5.41) is 13.8. The van der Waals surface area contributed by atoms with Gasteiger partial charge in [0.15, 0.2) is 0 Å². The minimum Gasteiger partial charge on any atom is -0.497 e. The van der Waals surface area contributed by atoms with E-state index >= 15 is 0 Å². The average molecular weight is 380 g/mol. The van der Waals surface area contributed by atoms with Crippen LogP contribution in [0.2, 0.25) is 0 Å². The summed E-state index contributed by atoms with van der Waals surface area (Å²) in [7, 11) is 3.14. The summed E-state index contributed by atoms with van der Waals surface area (Å²) in [6.45, 7) is 1.78. The number of carbonyl (C=O) groups is 2. The molecule has 0 unspecified atom stereocenters. The first kappa shape index (κ1) is 19.0. The molecule has 0 aliphatic heterocycles. The van der Waals surface area contributed by atoms with Crippen molar-refractivity contribution >= 4 is 17.5 Å². The van der Waals surface area contributed by atoms with Gasteiger partial charge in [-0.05, 0) is 53.2 Å². The second kappa shape index (κ2) is 8.30. The lowest BCUT2D eigenvalue weighted by molar-refractivity contribution is -0.116. The molecule has 1 N–H and O–H groups in total. The van der Waals surface area contributed by atoms with Crippen molar-refractivity contribution in [2.24, 2.45) is 0 Å². The van der Waals surface area contributed by atoms with Crippen LogP contribution in [0.1, 0.15) is 15.9 Å². The molecule has 2 aromatic carbocycles. The van der Waals surface area contributed by atoms with Crippen LogP contribution in [0.5, 0.6) is 5.75 Å².